The SMILES string of the molecule is CCc1ccccc1SCC(NC(=O)[C@H](OC)[C@H](O)[C@@H](O)[C@H](O)/C=C/C(C)(C)C)C(C)=O. The summed E-state index contributed by atoms with van der Waals surface area (Å²) >= 11 is 1.46. The van der Waals surface area contributed by atoms with Crippen LogP contribution in [0.2, 0.25) is 0 Å². The molecule has 1 aromatic rings. The Hall–Kier alpha value is -1.71. The fraction of sp³-hybridized carbons (Fsp3) is 0.583. The fourth-order valence-corrected chi connectivity index (χ4v) is 4.14. The van der Waals surface area contributed by atoms with Gasteiger partial charge in [-0.2, -0.15) is 0 Å². The zero-order valence-electron chi connectivity index (χ0n) is 19.7. The molecule has 0 aromatic heterocycles. The molecule has 0 aliphatic carbocycles. The van der Waals surface area contributed by atoms with Gasteiger partial charge in [0, 0.05) is 17.8 Å². The van der Waals surface area contributed by atoms with Crippen LogP contribution in [-0.2, 0) is 20.7 Å². The number of allylic oxidation sites excluding steroid dienone is 1. The predicted octanol–water partition coefficient (Wildman–Crippen LogP) is 2.11. The lowest BCUT2D eigenvalue weighted by Crippen LogP contribution is -2.54. The molecule has 180 valence electrons. The van der Waals surface area contributed by atoms with E-state index in [2.05, 4.69) is 5.32 Å². The number of ketones is 1. The second kappa shape index (κ2) is 13.1. The summed E-state index contributed by atoms with van der Waals surface area (Å²) in [5.41, 5.74) is 0.920. The number of hydrogen-bond acceptors (Lipinski definition) is 7. The molecule has 0 spiro atoms. The Bertz CT molecular complexity index is 776. The molecule has 0 aliphatic rings. The molecule has 0 aliphatic heterocycles. The Morgan fingerprint density at radius 1 is 1.16 bits per heavy atom. The van der Waals surface area contributed by atoms with E-state index >= 15 is 0 Å². The number of carbonyl (C=O) groups excluding carboxylic acids is 2. The van der Waals surface area contributed by atoms with Gasteiger partial charge in [0.2, 0.25) is 0 Å². The molecule has 0 fully saturated rings. The third-order valence-electron chi connectivity index (χ3n) is 4.88. The zero-order valence-corrected chi connectivity index (χ0v) is 20.6. The average molecular weight is 468 g/mol. The first kappa shape index (κ1) is 28.3. The molecule has 32 heavy (non-hydrogen) atoms. The van der Waals surface area contributed by atoms with Crippen molar-refractivity contribution in [2.45, 2.75) is 76.4 Å². The number of Topliss-reactive ketones (excluding diaryl/α,β-unsaturated/α-hetero) is 1. The first-order valence-electron chi connectivity index (χ1n) is 10.7. The second-order valence-corrected chi connectivity index (χ2v) is 9.86. The summed E-state index contributed by atoms with van der Waals surface area (Å²) in [7, 11) is 1.21. The van der Waals surface area contributed by atoms with Crippen molar-refractivity contribution < 1.29 is 29.6 Å². The van der Waals surface area contributed by atoms with Gasteiger partial charge in [0.1, 0.15) is 18.3 Å². The molecule has 4 N–H and O–H groups in total. The summed E-state index contributed by atoms with van der Waals surface area (Å²) in [6.45, 7) is 9.19. The maximum absolute atomic E-state index is 12.7. The molecule has 7 nitrogen and oxygen atoms in total. The normalized spacial score (nSPS) is 16.9. The first-order chi connectivity index (χ1) is 14.9. The van der Waals surface area contributed by atoms with Gasteiger partial charge in [-0.15, -0.1) is 11.8 Å². The number of aliphatic hydroxyl groups excluding tert-OH is 3. The van der Waals surface area contributed by atoms with Crippen molar-refractivity contribution in [2.75, 3.05) is 12.9 Å². The average Bonchev–Trinajstić information content (AvgIpc) is 2.74. The maximum atomic E-state index is 12.7. The number of amides is 1. The molecule has 0 heterocycles. The van der Waals surface area contributed by atoms with Crippen molar-refractivity contribution in [3.63, 3.8) is 0 Å². The standard InChI is InChI=1S/C24H37NO6S/c1-7-16-10-8-9-11-19(16)32-14-17(15(2)26)25-23(30)22(31-6)21(29)20(28)18(27)12-13-24(3,4)5/h8-13,17-18,20-22,27-29H,7,14H2,1-6H3,(H,25,30)/b13-12+/t17?,18-,20+,21-,22-/m1/s1. The highest BCUT2D eigenvalue weighted by atomic mass is 32.2. The Labute approximate surface area is 195 Å². The summed E-state index contributed by atoms with van der Waals surface area (Å²) in [5.74, 6) is -0.669. The third kappa shape index (κ3) is 9.03. The second-order valence-electron chi connectivity index (χ2n) is 8.80. The number of aryl methyl sites for hydroxylation is 1. The van der Waals surface area contributed by atoms with Crippen molar-refractivity contribution in [2.24, 2.45) is 5.41 Å². The van der Waals surface area contributed by atoms with E-state index in [1.807, 2.05) is 52.0 Å². The van der Waals surface area contributed by atoms with Crippen LogP contribution in [0.3, 0.4) is 0 Å². The van der Waals surface area contributed by atoms with Gasteiger partial charge < -0.3 is 25.4 Å². The molecule has 8 heteroatoms. The topological polar surface area (TPSA) is 116 Å². The van der Waals surface area contributed by atoms with Crippen LogP contribution in [0, 0.1) is 5.41 Å². The molecular formula is C24H37NO6S. The molecular weight excluding hydrogens is 430 g/mol. The molecule has 5 atom stereocenters. The van der Waals surface area contributed by atoms with Crippen molar-refractivity contribution in [1.82, 2.24) is 5.32 Å². The van der Waals surface area contributed by atoms with Gasteiger partial charge in [0.05, 0.1) is 6.04 Å². The van der Waals surface area contributed by atoms with Crippen molar-refractivity contribution in [1.29, 1.82) is 0 Å². The molecule has 1 aromatic carbocycles. The van der Waals surface area contributed by atoms with Crippen LogP contribution in [-0.4, -0.2) is 70.3 Å². The Morgan fingerprint density at radius 2 is 1.78 bits per heavy atom. The third-order valence-corrected chi connectivity index (χ3v) is 6.09. The largest absolute Gasteiger partial charge is 0.387 e. The molecule has 0 saturated carbocycles. The number of methoxy groups -OCH3 is 1. The van der Waals surface area contributed by atoms with Crippen LogP contribution in [0.5, 0.6) is 0 Å². The van der Waals surface area contributed by atoms with E-state index in [0.29, 0.717) is 5.75 Å². The summed E-state index contributed by atoms with van der Waals surface area (Å²) in [6.07, 6.45) is -2.27. The van der Waals surface area contributed by atoms with Crippen LogP contribution in [0.15, 0.2) is 41.3 Å². The lowest BCUT2D eigenvalue weighted by atomic mass is 9.94. The minimum atomic E-state index is -1.69. The molecule has 0 radical (unpaired) electrons. The van der Waals surface area contributed by atoms with Crippen LogP contribution in [0.1, 0.15) is 40.2 Å². The van der Waals surface area contributed by atoms with E-state index in [4.69, 9.17) is 4.74 Å². The van der Waals surface area contributed by atoms with Gasteiger partial charge in [0.15, 0.2) is 11.9 Å². The van der Waals surface area contributed by atoms with E-state index < -0.39 is 36.4 Å². The van der Waals surface area contributed by atoms with E-state index in [9.17, 15) is 24.9 Å². The van der Waals surface area contributed by atoms with E-state index in [1.54, 1.807) is 6.08 Å². The number of ether oxygens (including phenoxy) is 1. The van der Waals surface area contributed by atoms with Gasteiger partial charge in [-0.1, -0.05) is 58.0 Å². The van der Waals surface area contributed by atoms with Crippen molar-refractivity contribution in [3.8, 4) is 0 Å². The van der Waals surface area contributed by atoms with Crippen molar-refractivity contribution >= 4 is 23.5 Å². The lowest BCUT2D eigenvalue weighted by Gasteiger charge is -2.28. The monoisotopic (exact) mass is 467 g/mol. The minimum absolute atomic E-state index is 0.230. The summed E-state index contributed by atoms with van der Waals surface area (Å²) in [4.78, 5) is 25.9. The highest BCUT2D eigenvalue weighted by Crippen LogP contribution is 2.24. The summed E-state index contributed by atoms with van der Waals surface area (Å²) in [6, 6.07) is 7.05. The number of nitrogens with one attached hydrogen (secondary N) is 1. The minimum Gasteiger partial charge on any atom is -0.387 e. The van der Waals surface area contributed by atoms with Gasteiger partial charge in [-0.05, 0) is 30.4 Å². The quantitative estimate of drug-likeness (QED) is 0.275. The maximum Gasteiger partial charge on any atom is 0.252 e. The van der Waals surface area contributed by atoms with E-state index in [1.165, 1.54) is 31.9 Å². The lowest BCUT2D eigenvalue weighted by molar-refractivity contribution is -0.150. The fourth-order valence-electron chi connectivity index (χ4n) is 2.91. The highest BCUT2D eigenvalue weighted by Gasteiger charge is 2.36. The van der Waals surface area contributed by atoms with Gasteiger partial charge in [-0.25, -0.2) is 0 Å². The molecule has 1 unspecified atom stereocenters. The summed E-state index contributed by atoms with van der Waals surface area (Å²) in [5, 5.41) is 33.5. The number of aliphatic hydroxyl groups is 3. The van der Waals surface area contributed by atoms with Gasteiger partial charge in [-0.3, -0.25) is 9.59 Å². The van der Waals surface area contributed by atoms with Crippen LogP contribution < -0.4 is 5.32 Å². The van der Waals surface area contributed by atoms with Crippen LogP contribution in [0.4, 0.5) is 0 Å². The molecule has 1 amide bonds. The van der Waals surface area contributed by atoms with E-state index in [-0.39, 0.29) is 11.2 Å². The van der Waals surface area contributed by atoms with Gasteiger partial charge >= 0.3 is 0 Å². The van der Waals surface area contributed by atoms with Crippen LogP contribution >= 0.6 is 11.8 Å². The highest BCUT2D eigenvalue weighted by molar-refractivity contribution is 7.99. The number of thioether (sulfide) groups is 1. The Kier molecular flexibility index (Phi) is 11.6. The van der Waals surface area contributed by atoms with Gasteiger partial charge in [0.25, 0.3) is 5.91 Å². The molecule has 0 bridgehead atoms. The molecule has 0 saturated heterocycles. The molecule has 1 rings (SSSR count). The first-order valence-corrected chi connectivity index (χ1v) is 11.7. The predicted molar refractivity (Wildman–Crippen MR) is 127 cm³/mol. The van der Waals surface area contributed by atoms with Crippen LogP contribution in [0.25, 0.3) is 0 Å². The Balaban J connectivity index is 2.84. The number of hydrogen-bond donors (Lipinski definition) is 4. The number of rotatable bonds is 12. The zero-order chi connectivity index (χ0) is 24.5. The number of carbonyl (C=O) groups is 2. The Morgan fingerprint density at radius 3 is 2.31 bits per heavy atom. The summed E-state index contributed by atoms with van der Waals surface area (Å²) < 4.78 is 5.10. The van der Waals surface area contributed by atoms with E-state index in [0.717, 1.165) is 16.9 Å². The number of benzene rings is 1. The smallest absolute Gasteiger partial charge is 0.252 e. The van der Waals surface area contributed by atoms with Crippen molar-refractivity contribution in [3.05, 3.63) is 42.0 Å².